The van der Waals surface area contributed by atoms with Crippen LogP contribution in [0.1, 0.15) is 0 Å². The molecule has 0 rings (SSSR count). The van der Waals surface area contributed by atoms with Crippen molar-refractivity contribution >= 4 is 0 Å². The largest absolute Gasteiger partial charge is 0.412 e. The summed E-state index contributed by atoms with van der Waals surface area (Å²) >= 11 is 0. The van der Waals surface area contributed by atoms with Gasteiger partial charge >= 0.3 is 0 Å². The molecule has 0 aromatic heterocycles. The van der Waals surface area contributed by atoms with Crippen LogP contribution in [0.3, 0.4) is 0 Å². The van der Waals surface area contributed by atoms with Gasteiger partial charge in [-0.3, -0.25) is 0 Å². The van der Waals surface area contributed by atoms with Crippen LogP contribution in [-0.4, -0.2) is 20.9 Å². The van der Waals surface area contributed by atoms with E-state index in [2.05, 4.69) is 0 Å². The maximum atomic E-state index is 8.36. The SMILES string of the molecule is O.O=[N+]([O-])O.O=[N+]([O-])[O-].[NH4+]. The highest BCUT2D eigenvalue weighted by Gasteiger charge is 1.65. The van der Waals surface area contributed by atoms with E-state index in [1.54, 1.807) is 0 Å². The van der Waals surface area contributed by atoms with Crippen LogP contribution in [0.15, 0.2) is 0 Å². The van der Waals surface area contributed by atoms with Crippen LogP contribution < -0.4 is 6.15 Å². The summed E-state index contributed by atoms with van der Waals surface area (Å²) < 4.78 is 0. The van der Waals surface area contributed by atoms with E-state index in [9.17, 15) is 0 Å². The average molecular weight is 161 g/mol. The lowest BCUT2D eigenvalue weighted by Crippen LogP contribution is -1.81. The van der Waals surface area contributed by atoms with Gasteiger partial charge in [0.05, 0.1) is 5.09 Å². The van der Waals surface area contributed by atoms with E-state index in [0.29, 0.717) is 0 Å². The lowest BCUT2D eigenvalue weighted by Gasteiger charge is -1.74. The molecule has 0 bridgehead atoms. The fourth-order valence-corrected chi connectivity index (χ4v) is 0. The minimum atomic E-state index is -1.75. The van der Waals surface area contributed by atoms with E-state index in [1.165, 1.54) is 0 Å². The van der Waals surface area contributed by atoms with E-state index < -0.39 is 10.2 Å². The molecule has 0 heterocycles. The van der Waals surface area contributed by atoms with Gasteiger partial charge in [0.2, 0.25) is 0 Å². The maximum Gasteiger partial charge on any atom is 0.291 e. The third kappa shape index (κ3) is 63.4. The fraction of sp³-hybridized carbons (Fsp3) is 0. The van der Waals surface area contributed by atoms with Crippen molar-refractivity contribution < 1.29 is 20.9 Å². The Labute approximate surface area is 53.8 Å². The van der Waals surface area contributed by atoms with E-state index >= 15 is 0 Å². The van der Waals surface area contributed by atoms with Crippen molar-refractivity contribution in [3.8, 4) is 0 Å². The van der Waals surface area contributed by atoms with Crippen LogP contribution in [0.2, 0.25) is 0 Å². The minimum absolute atomic E-state index is 0. The van der Waals surface area contributed by atoms with Crippen molar-refractivity contribution in [1.82, 2.24) is 6.15 Å². The molecule has 10 heavy (non-hydrogen) atoms. The summed E-state index contributed by atoms with van der Waals surface area (Å²) in [5.41, 5.74) is 0. The predicted octanol–water partition coefficient (Wildman–Crippen LogP) is -1.04. The van der Waals surface area contributed by atoms with Gasteiger partial charge < -0.3 is 32.2 Å². The number of hydrogen-bond donors (Lipinski definition) is 2. The Morgan fingerprint density at radius 1 is 1.10 bits per heavy atom. The first-order valence-electron chi connectivity index (χ1n) is 1.11. The molecule has 0 unspecified atom stereocenters. The second kappa shape index (κ2) is 15.7. The molecule has 0 amide bonds. The van der Waals surface area contributed by atoms with Gasteiger partial charge in [0.1, 0.15) is 0 Å². The van der Waals surface area contributed by atoms with Gasteiger partial charge in [0, 0.05) is 0 Å². The molecule has 64 valence electrons. The number of rotatable bonds is 0. The van der Waals surface area contributed by atoms with Crippen molar-refractivity contribution in [1.29, 1.82) is 0 Å². The first-order valence-corrected chi connectivity index (χ1v) is 1.11. The topological polar surface area (TPSA) is 198 Å². The molecule has 0 aliphatic carbocycles. The van der Waals surface area contributed by atoms with Crippen LogP contribution in [-0.2, 0) is 0 Å². The molecule has 0 radical (unpaired) electrons. The molecular weight excluding hydrogens is 154 g/mol. The summed E-state index contributed by atoms with van der Waals surface area (Å²) in [7, 11) is 0. The van der Waals surface area contributed by atoms with Crippen molar-refractivity contribution in [2.75, 3.05) is 0 Å². The average Bonchev–Trinajstić information content (AvgIpc) is 1.25. The molecule has 0 fully saturated rings. The Balaban J connectivity index is -0.0000000300. The molecule has 10 heteroatoms. The van der Waals surface area contributed by atoms with E-state index in [4.69, 9.17) is 30.6 Å². The summed E-state index contributed by atoms with van der Waals surface area (Å²) in [4.78, 5) is 16.6. The predicted molar refractivity (Wildman–Crippen MR) is 28.7 cm³/mol. The van der Waals surface area contributed by atoms with Crippen molar-refractivity contribution in [3.63, 3.8) is 0 Å². The maximum absolute atomic E-state index is 8.36. The van der Waals surface area contributed by atoms with Crippen molar-refractivity contribution in [3.05, 3.63) is 25.4 Å². The van der Waals surface area contributed by atoms with Gasteiger partial charge in [-0.05, 0) is 0 Å². The Morgan fingerprint density at radius 2 is 1.10 bits per heavy atom. The molecule has 0 saturated heterocycles. The molecule has 10 nitrogen and oxygen atoms in total. The van der Waals surface area contributed by atoms with Crippen molar-refractivity contribution in [2.24, 2.45) is 0 Å². The summed E-state index contributed by atoms with van der Waals surface area (Å²) in [6.07, 6.45) is 0. The fourth-order valence-electron chi connectivity index (χ4n) is 0. The van der Waals surface area contributed by atoms with Crippen LogP contribution in [0.4, 0.5) is 0 Å². The van der Waals surface area contributed by atoms with Crippen molar-refractivity contribution in [2.45, 2.75) is 0 Å². The molecule has 0 aliphatic heterocycles. The highest BCUT2D eigenvalue weighted by atomic mass is 16.9. The lowest BCUT2D eigenvalue weighted by molar-refractivity contribution is -0.742. The summed E-state index contributed by atoms with van der Waals surface area (Å²) in [5.74, 6) is 0. The molecule has 0 spiro atoms. The highest BCUT2D eigenvalue weighted by Crippen LogP contribution is 1.44. The van der Waals surface area contributed by atoms with E-state index in [-0.39, 0.29) is 11.6 Å². The van der Waals surface area contributed by atoms with Crippen LogP contribution in [0.5, 0.6) is 0 Å². The molecule has 0 saturated carbocycles. The van der Waals surface area contributed by atoms with Crippen LogP contribution in [0.25, 0.3) is 0 Å². The van der Waals surface area contributed by atoms with Gasteiger partial charge in [0.15, 0.2) is 0 Å². The summed E-state index contributed by atoms with van der Waals surface area (Å²) in [6.45, 7) is 0. The van der Waals surface area contributed by atoms with Gasteiger partial charge in [-0.25, -0.2) is 0 Å². The normalized spacial score (nSPS) is 4.80. The Kier molecular flexibility index (Phi) is 37.4. The standard InChI is InChI=1S/HNO3.NO3.H3N.H2O/c2*2-1(3)4;;/h(H,2,3,4);;1H3;1H2/q;-1;;/p+1. The molecule has 0 atom stereocenters. The third-order valence-electron chi connectivity index (χ3n) is 0. The highest BCUT2D eigenvalue weighted by molar-refractivity contribution is 4.03. The second-order valence-corrected chi connectivity index (χ2v) is 0.461. The number of quaternary nitrogens is 1. The quantitative estimate of drug-likeness (QED) is 0.335. The zero-order valence-electron chi connectivity index (χ0n) is 4.88. The zero-order chi connectivity index (χ0) is 7.15. The molecule has 0 aliphatic rings. The molecular formula is H7N3O7. The van der Waals surface area contributed by atoms with E-state index in [1.807, 2.05) is 0 Å². The van der Waals surface area contributed by atoms with Crippen LogP contribution in [0, 0.1) is 25.4 Å². The monoisotopic (exact) mass is 161 g/mol. The summed E-state index contributed by atoms with van der Waals surface area (Å²) in [6, 6.07) is 0. The summed E-state index contributed by atoms with van der Waals surface area (Å²) in [5, 5.41) is 28.4. The Bertz CT molecular complexity index is 66.9. The Hall–Kier alpha value is -1.68. The smallest absolute Gasteiger partial charge is 0.291 e. The minimum Gasteiger partial charge on any atom is -0.412 e. The Morgan fingerprint density at radius 3 is 1.10 bits per heavy atom. The third-order valence-corrected chi connectivity index (χ3v) is 0. The number of hydrogen-bond acceptors (Lipinski definition) is 5. The first-order chi connectivity index (χ1) is 3.46. The first kappa shape index (κ1) is 23.9. The molecule has 0 aromatic rings. The van der Waals surface area contributed by atoms with Crippen LogP contribution >= 0.6 is 0 Å². The van der Waals surface area contributed by atoms with Gasteiger partial charge in [0.25, 0.3) is 5.09 Å². The molecule has 7 N–H and O–H groups in total. The van der Waals surface area contributed by atoms with Gasteiger partial charge in [-0.15, -0.1) is 10.1 Å². The second-order valence-electron chi connectivity index (χ2n) is 0.461. The zero-order valence-corrected chi connectivity index (χ0v) is 4.88. The molecule has 0 aromatic carbocycles. The van der Waals surface area contributed by atoms with Gasteiger partial charge in [-0.2, -0.15) is 0 Å². The van der Waals surface area contributed by atoms with Gasteiger partial charge in [-0.1, -0.05) is 0 Å². The number of nitrogens with zero attached hydrogens (tertiary/aromatic N) is 2. The lowest BCUT2D eigenvalue weighted by atomic mass is 13.1. The van der Waals surface area contributed by atoms with E-state index in [0.717, 1.165) is 0 Å².